The molecule has 0 spiro atoms. The minimum atomic E-state index is -0.401. The number of aromatic nitrogens is 2. The maximum absolute atomic E-state index is 10.6. The van der Waals surface area contributed by atoms with Gasteiger partial charge in [-0.3, -0.25) is 4.90 Å². The molecular weight excluding hydrogens is 398 g/mol. The van der Waals surface area contributed by atoms with Crippen LogP contribution in [0, 0.1) is 5.92 Å². The van der Waals surface area contributed by atoms with Crippen LogP contribution in [0.2, 0.25) is 0 Å². The van der Waals surface area contributed by atoms with Crippen molar-refractivity contribution in [3.63, 3.8) is 0 Å². The highest BCUT2D eigenvalue weighted by Crippen LogP contribution is 2.34. The first kappa shape index (κ1) is 23.8. The van der Waals surface area contributed by atoms with Crippen LogP contribution in [-0.4, -0.2) is 39.0 Å². The number of aryl methyl sites for hydroxylation is 1. The first-order valence-electron chi connectivity index (χ1n) is 11.3. The van der Waals surface area contributed by atoms with Gasteiger partial charge < -0.3 is 9.84 Å². The van der Waals surface area contributed by atoms with Gasteiger partial charge in [0.05, 0.1) is 11.7 Å². The monoisotopic (exact) mass is 433 g/mol. The summed E-state index contributed by atoms with van der Waals surface area (Å²) in [5.74, 6) is 1.97. The van der Waals surface area contributed by atoms with Crippen molar-refractivity contribution in [3.05, 3.63) is 78.9 Å². The highest BCUT2D eigenvalue weighted by Gasteiger charge is 2.23. The summed E-state index contributed by atoms with van der Waals surface area (Å²) in [7, 11) is 1.92. The van der Waals surface area contributed by atoms with Crippen LogP contribution in [0.1, 0.15) is 32.3 Å². The highest BCUT2D eigenvalue weighted by molar-refractivity contribution is 5.65. The Morgan fingerprint density at radius 3 is 2.34 bits per heavy atom. The largest absolute Gasteiger partial charge is 0.439 e. The van der Waals surface area contributed by atoms with Gasteiger partial charge >= 0.3 is 0 Å². The van der Waals surface area contributed by atoms with Crippen molar-refractivity contribution in [2.45, 2.75) is 39.3 Å². The van der Waals surface area contributed by atoms with Gasteiger partial charge in [0.2, 0.25) is 5.88 Å². The average molecular weight is 434 g/mol. The summed E-state index contributed by atoms with van der Waals surface area (Å²) in [6.45, 7) is 10.3. The van der Waals surface area contributed by atoms with Crippen LogP contribution < -0.4 is 4.74 Å². The molecule has 0 aliphatic carbocycles. The second kappa shape index (κ2) is 11.7. The van der Waals surface area contributed by atoms with Crippen LogP contribution in [0.3, 0.4) is 0 Å². The van der Waals surface area contributed by atoms with Crippen LogP contribution in [-0.2, 0) is 13.6 Å². The highest BCUT2D eigenvalue weighted by atomic mass is 16.5. The summed E-state index contributed by atoms with van der Waals surface area (Å²) in [6, 6.07) is 20.0. The number of nitrogens with zero attached hydrogens (tertiary/aromatic N) is 3. The van der Waals surface area contributed by atoms with Crippen molar-refractivity contribution in [1.29, 1.82) is 0 Å². The van der Waals surface area contributed by atoms with E-state index in [1.807, 2.05) is 66.3 Å². The summed E-state index contributed by atoms with van der Waals surface area (Å²) < 4.78 is 8.13. The van der Waals surface area contributed by atoms with E-state index in [1.54, 1.807) is 0 Å². The van der Waals surface area contributed by atoms with Gasteiger partial charge in [-0.15, -0.1) is 6.58 Å². The lowest BCUT2D eigenvalue weighted by atomic mass is 10.1. The molecule has 1 N–H and O–H groups in total. The van der Waals surface area contributed by atoms with Gasteiger partial charge in [-0.1, -0.05) is 68.5 Å². The van der Waals surface area contributed by atoms with Gasteiger partial charge in [-0.2, -0.15) is 5.10 Å². The maximum Gasteiger partial charge on any atom is 0.222 e. The third-order valence-electron chi connectivity index (χ3n) is 5.27. The molecule has 0 saturated heterocycles. The van der Waals surface area contributed by atoms with E-state index in [-0.39, 0.29) is 0 Å². The molecule has 0 fully saturated rings. The van der Waals surface area contributed by atoms with E-state index in [4.69, 9.17) is 9.84 Å². The zero-order valence-corrected chi connectivity index (χ0v) is 19.4. The molecular formula is C27H35N3O2. The summed E-state index contributed by atoms with van der Waals surface area (Å²) in [5.41, 5.74) is 2.99. The average Bonchev–Trinajstić information content (AvgIpc) is 3.08. The summed E-state index contributed by atoms with van der Waals surface area (Å²) >= 11 is 0. The van der Waals surface area contributed by atoms with Crippen molar-refractivity contribution in [3.8, 4) is 22.9 Å². The lowest BCUT2D eigenvalue weighted by Gasteiger charge is -2.27. The molecule has 3 rings (SSSR count). The Balaban J connectivity index is 1.97. The molecule has 0 saturated carbocycles. The fourth-order valence-corrected chi connectivity index (χ4v) is 3.89. The number of aliphatic hydroxyl groups excluding tert-OH is 1. The zero-order valence-electron chi connectivity index (χ0n) is 19.4. The molecule has 5 heteroatoms. The van der Waals surface area contributed by atoms with E-state index in [2.05, 4.69) is 37.5 Å². The van der Waals surface area contributed by atoms with Crippen LogP contribution in [0.5, 0.6) is 11.6 Å². The maximum atomic E-state index is 10.6. The van der Waals surface area contributed by atoms with Gasteiger partial charge in [-0.05, 0) is 30.9 Å². The molecule has 0 unspecified atom stereocenters. The van der Waals surface area contributed by atoms with E-state index in [0.29, 0.717) is 25.4 Å². The summed E-state index contributed by atoms with van der Waals surface area (Å²) in [4.78, 5) is 2.31. The summed E-state index contributed by atoms with van der Waals surface area (Å²) in [6.07, 6.45) is 2.98. The van der Waals surface area contributed by atoms with Gasteiger partial charge in [0.1, 0.15) is 11.4 Å². The Labute approximate surface area is 192 Å². The van der Waals surface area contributed by atoms with Crippen LogP contribution in [0.25, 0.3) is 11.3 Å². The number of ether oxygens (including phenoxy) is 1. The number of benzene rings is 2. The lowest BCUT2D eigenvalue weighted by Crippen LogP contribution is -2.35. The van der Waals surface area contributed by atoms with Crippen LogP contribution in [0.15, 0.2) is 73.3 Å². The standard InChI is InChI=1S/C27H35N3O2/c1-5-6-15-23(31)19-30(18-21(2)3)20-25-26(22-13-9-7-10-14-22)28-29(4)27(25)32-24-16-11-8-12-17-24/h5,7-14,16-17,21,23,31H,1,6,15,18-20H2,2-4H3/t23-/m0/s1. The number of hydrogen-bond donors (Lipinski definition) is 1. The van der Waals surface area contributed by atoms with Gasteiger partial charge in [0.15, 0.2) is 0 Å². The molecule has 2 aromatic carbocycles. The molecule has 0 radical (unpaired) electrons. The quantitative estimate of drug-likeness (QED) is 0.374. The minimum absolute atomic E-state index is 0.401. The van der Waals surface area contributed by atoms with Crippen molar-refractivity contribution in [2.75, 3.05) is 13.1 Å². The van der Waals surface area contributed by atoms with Gasteiger partial charge in [-0.25, -0.2) is 4.68 Å². The molecule has 0 aliphatic heterocycles. The summed E-state index contributed by atoms with van der Waals surface area (Å²) in [5, 5.41) is 15.4. The lowest BCUT2D eigenvalue weighted by molar-refractivity contribution is 0.0953. The fourth-order valence-electron chi connectivity index (χ4n) is 3.89. The Morgan fingerprint density at radius 1 is 1.06 bits per heavy atom. The second-order valence-corrected chi connectivity index (χ2v) is 8.64. The first-order chi connectivity index (χ1) is 15.5. The molecule has 0 bridgehead atoms. The van der Waals surface area contributed by atoms with Crippen molar-refractivity contribution >= 4 is 0 Å². The molecule has 5 nitrogen and oxygen atoms in total. The molecule has 1 heterocycles. The number of para-hydroxylation sites is 1. The zero-order chi connectivity index (χ0) is 22.9. The smallest absolute Gasteiger partial charge is 0.222 e. The number of aliphatic hydroxyl groups is 1. The van der Waals surface area contributed by atoms with E-state index < -0.39 is 6.10 Å². The van der Waals surface area contributed by atoms with E-state index in [1.165, 1.54) is 0 Å². The third-order valence-corrected chi connectivity index (χ3v) is 5.27. The number of allylic oxidation sites excluding steroid dienone is 1. The topological polar surface area (TPSA) is 50.5 Å². The molecule has 1 atom stereocenters. The predicted octanol–water partition coefficient (Wildman–Crippen LogP) is 5.66. The van der Waals surface area contributed by atoms with Gasteiger partial charge in [0, 0.05) is 32.2 Å². The molecule has 1 aromatic heterocycles. The Bertz CT molecular complexity index is 967. The van der Waals surface area contributed by atoms with Crippen LogP contribution in [0.4, 0.5) is 0 Å². The Morgan fingerprint density at radius 2 is 1.72 bits per heavy atom. The van der Waals surface area contributed by atoms with Crippen molar-refractivity contribution in [1.82, 2.24) is 14.7 Å². The van der Waals surface area contributed by atoms with Crippen LogP contribution >= 0.6 is 0 Å². The molecule has 0 amide bonds. The number of rotatable bonds is 12. The molecule has 0 aliphatic rings. The second-order valence-electron chi connectivity index (χ2n) is 8.64. The molecule has 170 valence electrons. The molecule has 3 aromatic rings. The fraction of sp³-hybridized carbons (Fsp3) is 0.370. The first-order valence-corrected chi connectivity index (χ1v) is 11.3. The van der Waals surface area contributed by atoms with E-state index in [9.17, 15) is 5.11 Å². The molecule has 32 heavy (non-hydrogen) atoms. The third kappa shape index (κ3) is 6.55. The van der Waals surface area contributed by atoms with E-state index >= 15 is 0 Å². The predicted molar refractivity (Wildman–Crippen MR) is 131 cm³/mol. The normalized spacial score (nSPS) is 12.3. The Hall–Kier alpha value is -2.89. The number of hydrogen-bond acceptors (Lipinski definition) is 4. The Kier molecular flexibility index (Phi) is 8.65. The van der Waals surface area contributed by atoms with Crippen molar-refractivity contribution in [2.24, 2.45) is 13.0 Å². The van der Waals surface area contributed by atoms with E-state index in [0.717, 1.165) is 41.4 Å². The SMILES string of the molecule is C=CCC[C@H](O)CN(Cc1c(-c2ccccc2)nn(C)c1Oc1ccccc1)CC(C)C. The van der Waals surface area contributed by atoms with Crippen molar-refractivity contribution < 1.29 is 9.84 Å². The van der Waals surface area contributed by atoms with Gasteiger partial charge in [0.25, 0.3) is 0 Å². The minimum Gasteiger partial charge on any atom is -0.439 e.